The van der Waals surface area contributed by atoms with Gasteiger partial charge in [0.15, 0.2) is 6.29 Å². The van der Waals surface area contributed by atoms with E-state index in [1.165, 1.54) is 6.07 Å². The van der Waals surface area contributed by atoms with Crippen molar-refractivity contribution in [1.29, 1.82) is 0 Å². The van der Waals surface area contributed by atoms with Crippen molar-refractivity contribution in [2.75, 3.05) is 19.8 Å². The van der Waals surface area contributed by atoms with Gasteiger partial charge in [-0.2, -0.15) is 0 Å². The summed E-state index contributed by atoms with van der Waals surface area (Å²) in [5.41, 5.74) is 0.644. The molecule has 0 aliphatic heterocycles. The third-order valence-electron chi connectivity index (χ3n) is 2.47. The Kier molecular flexibility index (Phi) is 6.24. The first-order valence-electron chi connectivity index (χ1n) is 6.19. The lowest BCUT2D eigenvalue weighted by Crippen LogP contribution is -2.25. The minimum Gasteiger partial charge on any atom is -0.488 e. The Morgan fingerprint density at radius 1 is 1.26 bits per heavy atom. The third-order valence-corrected chi connectivity index (χ3v) is 2.47. The summed E-state index contributed by atoms with van der Waals surface area (Å²) in [7, 11) is 0. The van der Waals surface area contributed by atoms with Gasteiger partial charge in [-0.15, -0.1) is 0 Å². The number of ether oxygens (including phenoxy) is 3. The lowest BCUT2D eigenvalue weighted by Gasteiger charge is -2.17. The second-order valence-electron chi connectivity index (χ2n) is 3.86. The van der Waals surface area contributed by atoms with Crippen molar-refractivity contribution in [3.63, 3.8) is 0 Å². The molecule has 0 aliphatic rings. The van der Waals surface area contributed by atoms with Crippen molar-refractivity contribution in [3.05, 3.63) is 33.9 Å². The van der Waals surface area contributed by atoms with E-state index in [0.717, 1.165) is 0 Å². The van der Waals surface area contributed by atoms with Gasteiger partial charge >= 0.3 is 0 Å². The SMILES string of the molecule is CCOC(COc1ccc(C)c([N+](=O)[O-])c1)OCC. The molecule has 19 heavy (non-hydrogen) atoms. The van der Waals surface area contributed by atoms with E-state index in [-0.39, 0.29) is 12.3 Å². The van der Waals surface area contributed by atoms with Crippen molar-refractivity contribution in [3.8, 4) is 5.75 Å². The maximum atomic E-state index is 10.8. The van der Waals surface area contributed by atoms with Crippen molar-refractivity contribution < 1.29 is 19.1 Å². The molecule has 0 aromatic heterocycles. The fourth-order valence-electron chi connectivity index (χ4n) is 1.56. The standard InChI is InChI=1S/C13H19NO5/c1-4-17-13(18-5-2)9-19-11-7-6-10(3)12(8-11)14(15)16/h6-8,13H,4-5,9H2,1-3H3. The molecule has 0 N–H and O–H groups in total. The maximum Gasteiger partial charge on any atom is 0.276 e. The highest BCUT2D eigenvalue weighted by atomic mass is 16.7. The van der Waals surface area contributed by atoms with Gasteiger partial charge in [-0.1, -0.05) is 0 Å². The van der Waals surface area contributed by atoms with Crippen LogP contribution in [0.4, 0.5) is 5.69 Å². The number of nitrogens with zero attached hydrogens (tertiary/aromatic N) is 1. The van der Waals surface area contributed by atoms with E-state index in [2.05, 4.69) is 0 Å². The number of hydrogen-bond acceptors (Lipinski definition) is 5. The number of nitro groups is 1. The van der Waals surface area contributed by atoms with Crippen molar-refractivity contribution in [2.45, 2.75) is 27.1 Å². The number of nitro benzene ring substituents is 1. The molecule has 1 aromatic rings. The van der Waals surface area contributed by atoms with E-state index in [1.54, 1.807) is 19.1 Å². The maximum absolute atomic E-state index is 10.8. The molecule has 6 heteroatoms. The molecule has 0 heterocycles. The molecule has 1 rings (SSSR count). The summed E-state index contributed by atoms with van der Waals surface area (Å²) in [4.78, 5) is 10.4. The summed E-state index contributed by atoms with van der Waals surface area (Å²) < 4.78 is 16.1. The molecule has 0 bridgehead atoms. The second-order valence-corrected chi connectivity index (χ2v) is 3.86. The van der Waals surface area contributed by atoms with Crippen LogP contribution in [-0.4, -0.2) is 31.0 Å². The molecule has 0 amide bonds. The molecule has 6 nitrogen and oxygen atoms in total. The topological polar surface area (TPSA) is 70.8 Å². The smallest absolute Gasteiger partial charge is 0.276 e. The Morgan fingerprint density at radius 3 is 2.42 bits per heavy atom. The van der Waals surface area contributed by atoms with Gasteiger partial charge in [-0.05, 0) is 32.9 Å². The van der Waals surface area contributed by atoms with E-state index in [9.17, 15) is 10.1 Å². The predicted molar refractivity (Wildman–Crippen MR) is 70.4 cm³/mol. The van der Waals surface area contributed by atoms with Crippen LogP contribution in [0.25, 0.3) is 0 Å². The van der Waals surface area contributed by atoms with Crippen molar-refractivity contribution in [1.82, 2.24) is 0 Å². The quantitative estimate of drug-likeness (QED) is 0.412. The van der Waals surface area contributed by atoms with Crippen LogP contribution in [0.5, 0.6) is 5.75 Å². The molecule has 0 spiro atoms. The van der Waals surface area contributed by atoms with E-state index >= 15 is 0 Å². The molecular weight excluding hydrogens is 250 g/mol. The normalized spacial score (nSPS) is 10.7. The van der Waals surface area contributed by atoms with E-state index < -0.39 is 11.2 Å². The van der Waals surface area contributed by atoms with Crippen LogP contribution < -0.4 is 4.74 Å². The molecule has 106 valence electrons. The Labute approximate surface area is 112 Å². The minimum atomic E-state index is -0.463. The fourth-order valence-corrected chi connectivity index (χ4v) is 1.56. The van der Waals surface area contributed by atoms with Gasteiger partial charge in [0.05, 0.1) is 11.0 Å². The number of aryl methyl sites for hydroxylation is 1. The summed E-state index contributed by atoms with van der Waals surface area (Å²) in [6.45, 7) is 6.64. The molecule has 0 atom stereocenters. The zero-order chi connectivity index (χ0) is 14.3. The average Bonchev–Trinajstić information content (AvgIpc) is 2.37. The summed E-state index contributed by atoms with van der Waals surface area (Å²) in [6.07, 6.45) is -0.463. The Hall–Kier alpha value is -1.66. The lowest BCUT2D eigenvalue weighted by molar-refractivity contribution is -0.385. The van der Waals surface area contributed by atoms with Crippen LogP contribution in [-0.2, 0) is 9.47 Å². The predicted octanol–water partition coefficient (Wildman–Crippen LogP) is 2.68. The van der Waals surface area contributed by atoms with Crippen LogP contribution in [0, 0.1) is 17.0 Å². The third kappa shape index (κ3) is 4.84. The first kappa shape index (κ1) is 15.4. The number of rotatable bonds is 8. The second kappa shape index (κ2) is 7.70. The Balaban J connectivity index is 2.66. The monoisotopic (exact) mass is 269 g/mol. The van der Waals surface area contributed by atoms with Crippen molar-refractivity contribution in [2.24, 2.45) is 0 Å². The van der Waals surface area contributed by atoms with Gasteiger partial charge in [0.25, 0.3) is 5.69 Å². The van der Waals surface area contributed by atoms with E-state index in [4.69, 9.17) is 14.2 Å². The summed E-state index contributed by atoms with van der Waals surface area (Å²) >= 11 is 0. The van der Waals surface area contributed by atoms with Gasteiger partial charge in [0.1, 0.15) is 12.4 Å². The Morgan fingerprint density at radius 2 is 1.89 bits per heavy atom. The van der Waals surface area contributed by atoms with Gasteiger partial charge < -0.3 is 14.2 Å². The highest BCUT2D eigenvalue weighted by Gasteiger charge is 2.13. The number of hydrogen-bond donors (Lipinski definition) is 0. The molecule has 0 saturated carbocycles. The van der Waals surface area contributed by atoms with Crippen molar-refractivity contribution >= 4 is 5.69 Å². The van der Waals surface area contributed by atoms with Crippen LogP contribution in [0.3, 0.4) is 0 Å². The minimum absolute atomic E-state index is 0.0434. The van der Waals surface area contributed by atoms with Gasteiger partial charge in [-0.3, -0.25) is 10.1 Å². The molecule has 0 radical (unpaired) electrons. The summed E-state index contributed by atoms with van der Waals surface area (Å²) in [5, 5.41) is 10.8. The van der Waals surface area contributed by atoms with Crippen LogP contribution in [0.2, 0.25) is 0 Å². The first-order chi connectivity index (χ1) is 9.08. The first-order valence-corrected chi connectivity index (χ1v) is 6.19. The Bertz CT molecular complexity index is 415. The summed E-state index contributed by atoms with van der Waals surface area (Å²) in [5.74, 6) is 0.432. The largest absolute Gasteiger partial charge is 0.488 e. The van der Waals surface area contributed by atoms with Crippen LogP contribution in [0.1, 0.15) is 19.4 Å². The van der Waals surface area contributed by atoms with Gasteiger partial charge in [0.2, 0.25) is 0 Å². The molecule has 0 aliphatic carbocycles. The molecule has 1 aromatic carbocycles. The highest BCUT2D eigenvalue weighted by molar-refractivity contribution is 5.45. The van der Waals surface area contributed by atoms with Crippen LogP contribution >= 0.6 is 0 Å². The highest BCUT2D eigenvalue weighted by Crippen LogP contribution is 2.24. The van der Waals surface area contributed by atoms with E-state index in [1.807, 2.05) is 13.8 Å². The summed E-state index contributed by atoms with van der Waals surface area (Å²) in [6, 6.07) is 4.76. The molecule has 0 saturated heterocycles. The van der Waals surface area contributed by atoms with E-state index in [0.29, 0.717) is 24.5 Å². The van der Waals surface area contributed by atoms with Gasteiger partial charge in [0, 0.05) is 18.8 Å². The number of benzene rings is 1. The van der Waals surface area contributed by atoms with Gasteiger partial charge in [-0.25, -0.2) is 0 Å². The fraction of sp³-hybridized carbons (Fsp3) is 0.538. The average molecular weight is 269 g/mol. The van der Waals surface area contributed by atoms with Crippen LogP contribution in [0.15, 0.2) is 18.2 Å². The molecule has 0 unspecified atom stereocenters. The zero-order valence-electron chi connectivity index (χ0n) is 11.4. The molecule has 0 fully saturated rings. The zero-order valence-corrected chi connectivity index (χ0v) is 11.4. The molecular formula is C13H19NO5. The lowest BCUT2D eigenvalue weighted by atomic mass is 10.2.